The number of rotatable bonds is 2. The first-order chi connectivity index (χ1) is 5.14. The van der Waals surface area contributed by atoms with Crippen molar-refractivity contribution in [2.75, 3.05) is 0 Å². The van der Waals surface area contributed by atoms with Crippen LogP contribution in [0.4, 0.5) is 0 Å². The lowest BCUT2D eigenvalue weighted by Crippen LogP contribution is -2.43. The Hall–Kier alpha value is 0.697. The summed E-state index contributed by atoms with van der Waals surface area (Å²) in [7, 11) is 0. The molecule has 0 radical (unpaired) electrons. The van der Waals surface area contributed by atoms with Gasteiger partial charge in [-0.2, -0.15) is 0 Å². The van der Waals surface area contributed by atoms with Gasteiger partial charge in [-0.1, -0.05) is 48.5 Å². The zero-order chi connectivity index (χ0) is 10.2. The molecule has 0 unspecified atom stereocenters. The standard InChI is InChI=1S/C10H23BrSi/c1-8(2)12(11,9(3)4)10(5,6)7/h8-9H,1-7H3. The molecule has 0 aromatic carbocycles. The summed E-state index contributed by atoms with van der Waals surface area (Å²) in [6, 6.07) is 0. The van der Waals surface area contributed by atoms with E-state index in [-0.39, 0.29) is 0 Å². The number of hydrogen-bond acceptors (Lipinski definition) is 0. The summed E-state index contributed by atoms with van der Waals surface area (Å²) in [6.45, 7) is 15.2. The van der Waals surface area contributed by atoms with Gasteiger partial charge in [0.15, 0.2) is 0 Å². The maximum atomic E-state index is 4.07. The zero-order valence-electron chi connectivity index (χ0n) is 9.53. The normalized spacial score (nSPS) is 14.5. The first kappa shape index (κ1) is 12.7. The first-order valence-corrected chi connectivity index (χ1v) is 9.24. The van der Waals surface area contributed by atoms with Crippen molar-refractivity contribution in [3.8, 4) is 0 Å². The molecule has 0 fully saturated rings. The van der Waals surface area contributed by atoms with Crippen LogP contribution in [0, 0.1) is 0 Å². The minimum atomic E-state index is -1.29. The largest absolute Gasteiger partial charge is 0.140 e. The third-order valence-corrected chi connectivity index (χ3v) is 17.6. The molecule has 0 nitrogen and oxygen atoms in total. The molecule has 0 N–H and O–H groups in total. The van der Waals surface area contributed by atoms with Crippen molar-refractivity contribution < 1.29 is 0 Å². The molecular weight excluding hydrogens is 228 g/mol. The van der Waals surface area contributed by atoms with Crippen molar-refractivity contribution in [1.29, 1.82) is 0 Å². The maximum Gasteiger partial charge on any atom is 0.140 e. The van der Waals surface area contributed by atoms with Gasteiger partial charge in [0.1, 0.15) is 6.69 Å². The highest BCUT2D eigenvalue weighted by Crippen LogP contribution is 2.53. The highest BCUT2D eigenvalue weighted by molar-refractivity contribution is 9.26. The smallest absolute Gasteiger partial charge is 0.125 e. The highest BCUT2D eigenvalue weighted by atomic mass is 79.9. The van der Waals surface area contributed by atoms with E-state index < -0.39 is 6.69 Å². The monoisotopic (exact) mass is 250 g/mol. The lowest BCUT2D eigenvalue weighted by atomic mass is 10.2. The average Bonchev–Trinajstić information content (AvgIpc) is 1.82. The molecule has 0 aliphatic carbocycles. The minimum absolute atomic E-state index is 0.454. The van der Waals surface area contributed by atoms with E-state index >= 15 is 0 Å². The van der Waals surface area contributed by atoms with Gasteiger partial charge in [0.05, 0.1) is 0 Å². The van der Waals surface area contributed by atoms with Crippen LogP contribution in [0.1, 0.15) is 48.5 Å². The van der Waals surface area contributed by atoms with Crippen LogP contribution in [0.15, 0.2) is 0 Å². The summed E-state index contributed by atoms with van der Waals surface area (Å²) in [6.07, 6.45) is 0. The van der Waals surface area contributed by atoms with E-state index in [1.807, 2.05) is 0 Å². The SMILES string of the molecule is CC(C)[Si](Br)(C(C)C)C(C)(C)C. The third kappa shape index (κ3) is 2.14. The lowest BCUT2D eigenvalue weighted by molar-refractivity contribution is 0.684. The molecule has 74 valence electrons. The lowest BCUT2D eigenvalue weighted by Gasteiger charge is -2.44. The quantitative estimate of drug-likeness (QED) is 0.481. The predicted octanol–water partition coefficient (Wildman–Crippen LogP) is 4.95. The van der Waals surface area contributed by atoms with Gasteiger partial charge < -0.3 is 0 Å². The molecule has 0 saturated carbocycles. The fraction of sp³-hybridized carbons (Fsp3) is 1.00. The summed E-state index contributed by atoms with van der Waals surface area (Å²) >= 11 is 4.07. The van der Waals surface area contributed by atoms with Crippen LogP contribution in [0.2, 0.25) is 16.1 Å². The molecule has 0 heterocycles. The second-order valence-corrected chi connectivity index (χ2v) is 14.6. The third-order valence-electron chi connectivity index (χ3n) is 2.83. The van der Waals surface area contributed by atoms with E-state index in [2.05, 4.69) is 63.8 Å². The molecule has 12 heavy (non-hydrogen) atoms. The van der Waals surface area contributed by atoms with E-state index in [0.29, 0.717) is 5.04 Å². The van der Waals surface area contributed by atoms with Crippen molar-refractivity contribution in [3.63, 3.8) is 0 Å². The van der Waals surface area contributed by atoms with Gasteiger partial charge in [-0.05, 0) is 16.1 Å². The van der Waals surface area contributed by atoms with Gasteiger partial charge >= 0.3 is 0 Å². The van der Waals surface area contributed by atoms with E-state index in [1.54, 1.807) is 0 Å². The van der Waals surface area contributed by atoms with Gasteiger partial charge in [-0.3, -0.25) is 0 Å². The molecule has 0 saturated heterocycles. The molecule has 0 rings (SSSR count). The van der Waals surface area contributed by atoms with E-state index in [4.69, 9.17) is 0 Å². The van der Waals surface area contributed by atoms with Gasteiger partial charge in [0.25, 0.3) is 0 Å². The van der Waals surface area contributed by atoms with Crippen LogP contribution in [-0.2, 0) is 0 Å². The average molecular weight is 251 g/mol. The van der Waals surface area contributed by atoms with Gasteiger partial charge in [0.2, 0.25) is 0 Å². The summed E-state index contributed by atoms with van der Waals surface area (Å²) in [4.78, 5) is 0. The molecule has 0 atom stereocenters. The molecule has 0 bridgehead atoms. The van der Waals surface area contributed by atoms with Crippen LogP contribution in [0.3, 0.4) is 0 Å². The highest BCUT2D eigenvalue weighted by Gasteiger charge is 2.47. The molecule has 0 spiro atoms. The van der Waals surface area contributed by atoms with E-state index in [9.17, 15) is 0 Å². The molecule has 0 amide bonds. The molecule has 0 aromatic rings. The second kappa shape index (κ2) is 3.83. The second-order valence-electron chi connectivity index (χ2n) is 5.33. The Morgan fingerprint density at radius 3 is 1.17 bits per heavy atom. The fourth-order valence-electron chi connectivity index (χ4n) is 2.40. The van der Waals surface area contributed by atoms with Gasteiger partial charge in [-0.15, -0.1) is 15.3 Å². The Morgan fingerprint density at radius 1 is 0.917 bits per heavy atom. The topological polar surface area (TPSA) is 0 Å². The van der Waals surface area contributed by atoms with Crippen LogP contribution >= 0.6 is 15.3 Å². The molecular formula is C10H23BrSi. The zero-order valence-corrected chi connectivity index (χ0v) is 12.1. The van der Waals surface area contributed by atoms with Crippen molar-refractivity contribution in [2.45, 2.75) is 64.6 Å². The predicted molar refractivity (Wildman–Crippen MR) is 64.6 cm³/mol. The van der Waals surface area contributed by atoms with Crippen molar-refractivity contribution in [1.82, 2.24) is 0 Å². The number of halogens is 1. The molecule has 2 heteroatoms. The maximum absolute atomic E-state index is 4.07. The Balaban J connectivity index is 4.89. The summed E-state index contributed by atoms with van der Waals surface area (Å²) < 4.78 is 0. The fourth-order valence-corrected chi connectivity index (χ4v) is 7.20. The van der Waals surface area contributed by atoms with Gasteiger partial charge in [-0.25, -0.2) is 0 Å². The van der Waals surface area contributed by atoms with Crippen LogP contribution < -0.4 is 0 Å². The Bertz CT molecular complexity index is 136. The van der Waals surface area contributed by atoms with E-state index in [0.717, 1.165) is 11.1 Å². The van der Waals surface area contributed by atoms with Crippen LogP contribution in [0.5, 0.6) is 0 Å². The van der Waals surface area contributed by atoms with Crippen molar-refractivity contribution in [2.24, 2.45) is 0 Å². The molecule has 0 aliphatic rings. The Kier molecular flexibility index (Phi) is 4.05. The minimum Gasteiger partial charge on any atom is -0.125 e. The van der Waals surface area contributed by atoms with Crippen molar-refractivity contribution in [3.05, 3.63) is 0 Å². The summed E-state index contributed by atoms with van der Waals surface area (Å²) in [5.41, 5.74) is 1.61. The first-order valence-electron chi connectivity index (χ1n) is 4.83. The summed E-state index contributed by atoms with van der Waals surface area (Å²) in [5, 5.41) is 0.454. The Morgan fingerprint density at radius 2 is 1.17 bits per heavy atom. The molecule has 0 aromatic heterocycles. The van der Waals surface area contributed by atoms with E-state index in [1.165, 1.54) is 0 Å². The Labute approximate surface area is 86.7 Å². The van der Waals surface area contributed by atoms with Gasteiger partial charge in [0, 0.05) is 0 Å². The van der Waals surface area contributed by atoms with Crippen molar-refractivity contribution >= 4 is 22.0 Å². The molecule has 0 aliphatic heterocycles. The van der Waals surface area contributed by atoms with Crippen LogP contribution in [-0.4, -0.2) is 6.69 Å². The summed E-state index contributed by atoms with van der Waals surface area (Å²) in [5.74, 6) is 0. The number of hydrogen-bond donors (Lipinski definition) is 0. The van der Waals surface area contributed by atoms with Crippen LogP contribution in [0.25, 0.3) is 0 Å².